The summed E-state index contributed by atoms with van der Waals surface area (Å²) >= 11 is 0. The molecule has 2 rings (SSSR count). The van der Waals surface area contributed by atoms with Gasteiger partial charge in [0.2, 0.25) is 11.8 Å². The number of nitrogens with two attached hydrogens (primary N) is 1. The Bertz CT molecular complexity index is 384. The van der Waals surface area contributed by atoms with Crippen LogP contribution in [-0.2, 0) is 9.59 Å². The Morgan fingerprint density at radius 2 is 1.87 bits per heavy atom. The van der Waals surface area contributed by atoms with E-state index in [1.54, 1.807) is 0 Å². The van der Waals surface area contributed by atoms with Crippen molar-refractivity contribution < 1.29 is 9.59 Å². The van der Waals surface area contributed by atoms with Gasteiger partial charge in [0, 0.05) is 25.6 Å². The number of rotatable bonds is 5. The summed E-state index contributed by atoms with van der Waals surface area (Å²) in [4.78, 5) is 26.1. The zero-order valence-corrected chi connectivity index (χ0v) is 15.1. The van der Waals surface area contributed by atoms with Gasteiger partial charge in [0.05, 0.1) is 6.54 Å². The molecule has 0 spiro atoms. The fourth-order valence-corrected chi connectivity index (χ4v) is 3.68. The SMILES string of the molecule is CC(N)C1CCCN(C(=O)CNC(=O)CC2CCCCC2)C1.Cl. The molecule has 1 aliphatic carbocycles. The van der Waals surface area contributed by atoms with E-state index in [0.717, 1.165) is 38.8 Å². The molecule has 1 saturated heterocycles. The van der Waals surface area contributed by atoms with Crippen molar-refractivity contribution >= 4 is 24.2 Å². The summed E-state index contributed by atoms with van der Waals surface area (Å²) in [6.07, 6.45) is 8.77. The summed E-state index contributed by atoms with van der Waals surface area (Å²) < 4.78 is 0. The molecular formula is C17H32ClN3O2. The molecule has 23 heavy (non-hydrogen) atoms. The van der Waals surface area contributed by atoms with Gasteiger partial charge in [0.25, 0.3) is 0 Å². The molecule has 1 saturated carbocycles. The topological polar surface area (TPSA) is 75.4 Å². The van der Waals surface area contributed by atoms with Gasteiger partial charge in [-0.15, -0.1) is 12.4 Å². The van der Waals surface area contributed by atoms with Crippen LogP contribution in [0.5, 0.6) is 0 Å². The summed E-state index contributed by atoms with van der Waals surface area (Å²) in [5.41, 5.74) is 5.95. The number of nitrogens with one attached hydrogen (secondary N) is 1. The van der Waals surface area contributed by atoms with E-state index in [4.69, 9.17) is 5.73 Å². The highest BCUT2D eigenvalue weighted by molar-refractivity contribution is 5.85. The molecule has 1 aliphatic heterocycles. The largest absolute Gasteiger partial charge is 0.347 e. The van der Waals surface area contributed by atoms with E-state index in [1.165, 1.54) is 19.3 Å². The molecule has 3 N–H and O–H groups in total. The fourth-order valence-electron chi connectivity index (χ4n) is 3.68. The predicted molar refractivity (Wildman–Crippen MR) is 94.4 cm³/mol. The third-order valence-corrected chi connectivity index (χ3v) is 5.19. The Morgan fingerprint density at radius 3 is 2.52 bits per heavy atom. The average Bonchev–Trinajstić information content (AvgIpc) is 2.53. The number of amides is 2. The standard InChI is InChI=1S/C17H31N3O2.ClH/c1-13(18)15-8-5-9-20(12-15)17(22)11-19-16(21)10-14-6-3-2-4-7-14;/h13-15H,2-12,18H2,1H3,(H,19,21);1H. The molecule has 0 aromatic carbocycles. The van der Waals surface area contributed by atoms with Crippen molar-refractivity contribution in [1.82, 2.24) is 10.2 Å². The van der Waals surface area contributed by atoms with Gasteiger partial charge in [-0.3, -0.25) is 9.59 Å². The molecule has 0 aromatic heterocycles. The van der Waals surface area contributed by atoms with Gasteiger partial charge in [0.1, 0.15) is 0 Å². The molecular weight excluding hydrogens is 314 g/mol. The van der Waals surface area contributed by atoms with Crippen molar-refractivity contribution in [2.45, 2.75) is 64.3 Å². The first-order valence-electron chi connectivity index (χ1n) is 8.86. The van der Waals surface area contributed by atoms with Crippen molar-refractivity contribution in [3.8, 4) is 0 Å². The molecule has 2 fully saturated rings. The minimum Gasteiger partial charge on any atom is -0.347 e. The third kappa shape index (κ3) is 6.68. The molecule has 2 unspecified atom stereocenters. The Morgan fingerprint density at radius 1 is 1.17 bits per heavy atom. The minimum atomic E-state index is 0. The second kappa shape index (κ2) is 10.1. The summed E-state index contributed by atoms with van der Waals surface area (Å²) in [6.45, 7) is 3.66. The van der Waals surface area contributed by atoms with Crippen LogP contribution in [0.25, 0.3) is 0 Å². The van der Waals surface area contributed by atoms with Gasteiger partial charge >= 0.3 is 0 Å². The lowest BCUT2D eigenvalue weighted by Crippen LogP contribution is -2.48. The molecule has 2 atom stereocenters. The van der Waals surface area contributed by atoms with Gasteiger partial charge in [-0.1, -0.05) is 19.3 Å². The van der Waals surface area contributed by atoms with Crippen LogP contribution in [0.4, 0.5) is 0 Å². The van der Waals surface area contributed by atoms with E-state index in [1.807, 2.05) is 11.8 Å². The maximum atomic E-state index is 12.2. The molecule has 0 radical (unpaired) electrons. The van der Waals surface area contributed by atoms with E-state index in [2.05, 4.69) is 5.32 Å². The maximum Gasteiger partial charge on any atom is 0.241 e. The van der Waals surface area contributed by atoms with Crippen molar-refractivity contribution in [2.24, 2.45) is 17.6 Å². The van der Waals surface area contributed by atoms with Gasteiger partial charge in [-0.05, 0) is 44.4 Å². The summed E-state index contributed by atoms with van der Waals surface area (Å²) in [6, 6.07) is 0.122. The first-order valence-corrected chi connectivity index (χ1v) is 8.86. The highest BCUT2D eigenvalue weighted by Gasteiger charge is 2.26. The van der Waals surface area contributed by atoms with Crippen molar-refractivity contribution in [3.63, 3.8) is 0 Å². The van der Waals surface area contributed by atoms with E-state index in [0.29, 0.717) is 18.3 Å². The smallest absolute Gasteiger partial charge is 0.241 e. The number of carbonyl (C=O) groups is 2. The number of piperidine rings is 1. The Balaban J connectivity index is 0.00000264. The van der Waals surface area contributed by atoms with Crippen LogP contribution in [0.3, 0.4) is 0 Å². The molecule has 134 valence electrons. The predicted octanol–water partition coefficient (Wildman–Crippen LogP) is 2.08. The second-order valence-corrected chi connectivity index (χ2v) is 7.09. The Kier molecular flexibility index (Phi) is 8.92. The Hall–Kier alpha value is -0.810. The number of carbonyl (C=O) groups excluding carboxylic acids is 2. The lowest BCUT2D eigenvalue weighted by Gasteiger charge is -2.34. The molecule has 1 heterocycles. The van der Waals surface area contributed by atoms with Crippen LogP contribution in [0.15, 0.2) is 0 Å². The van der Waals surface area contributed by atoms with E-state index in [-0.39, 0.29) is 36.8 Å². The Labute approximate surface area is 146 Å². The van der Waals surface area contributed by atoms with Gasteiger partial charge in [-0.2, -0.15) is 0 Å². The zero-order valence-electron chi connectivity index (χ0n) is 14.3. The molecule has 6 heteroatoms. The lowest BCUT2D eigenvalue weighted by atomic mass is 9.87. The molecule has 2 aliphatic rings. The lowest BCUT2D eigenvalue weighted by molar-refractivity contribution is -0.134. The number of halogens is 1. The van der Waals surface area contributed by atoms with Gasteiger partial charge < -0.3 is 16.0 Å². The van der Waals surface area contributed by atoms with Crippen LogP contribution < -0.4 is 11.1 Å². The number of nitrogens with zero attached hydrogens (tertiary/aromatic N) is 1. The van der Waals surface area contributed by atoms with Gasteiger partial charge in [0.15, 0.2) is 0 Å². The highest BCUT2D eigenvalue weighted by atomic mass is 35.5. The normalized spacial score (nSPS) is 23.7. The van der Waals surface area contributed by atoms with Crippen LogP contribution in [-0.4, -0.2) is 42.4 Å². The molecule has 0 aromatic rings. The number of likely N-dealkylation sites (tertiary alicyclic amines) is 1. The summed E-state index contributed by atoms with van der Waals surface area (Å²) in [5.74, 6) is 0.959. The first kappa shape index (κ1) is 20.2. The van der Waals surface area contributed by atoms with Crippen LogP contribution >= 0.6 is 12.4 Å². The summed E-state index contributed by atoms with van der Waals surface area (Å²) in [5, 5.41) is 2.81. The second-order valence-electron chi connectivity index (χ2n) is 7.09. The van der Waals surface area contributed by atoms with Crippen LogP contribution in [0, 0.1) is 11.8 Å². The minimum absolute atomic E-state index is 0. The van der Waals surface area contributed by atoms with Gasteiger partial charge in [-0.25, -0.2) is 0 Å². The van der Waals surface area contributed by atoms with Crippen molar-refractivity contribution in [3.05, 3.63) is 0 Å². The molecule has 5 nitrogen and oxygen atoms in total. The highest BCUT2D eigenvalue weighted by Crippen LogP contribution is 2.26. The maximum absolute atomic E-state index is 12.2. The molecule has 2 amide bonds. The fraction of sp³-hybridized carbons (Fsp3) is 0.882. The zero-order chi connectivity index (χ0) is 15.9. The van der Waals surface area contributed by atoms with E-state index in [9.17, 15) is 9.59 Å². The van der Waals surface area contributed by atoms with E-state index >= 15 is 0 Å². The van der Waals surface area contributed by atoms with Crippen molar-refractivity contribution in [1.29, 1.82) is 0 Å². The van der Waals surface area contributed by atoms with Crippen LogP contribution in [0.1, 0.15) is 58.3 Å². The quantitative estimate of drug-likeness (QED) is 0.801. The van der Waals surface area contributed by atoms with Crippen molar-refractivity contribution in [2.75, 3.05) is 19.6 Å². The average molecular weight is 346 g/mol. The number of hydrogen-bond donors (Lipinski definition) is 2. The third-order valence-electron chi connectivity index (χ3n) is 5.19. The number of hydrogen-bond acceptors (Lipinski definition) is 3. The summed E-state index contributed by atoms with van der Waals surface area (Å²) in [7, 11) is 0. The first-order chi connectivity index (χ1) is 10.6. The monoisotopic (exact) mass is 345 g/mol. The van der Waals surface area contributed by atoms with Crippen LogP contribution in [0.2, 0.25) is 0 Å². The molecule has 0 bridgehead atoms. The van der Waals surface area contributed by atoms with E-state index < -0.39 is 0 Å².